The molecule has 3 aromatic rings. The predicted octanol–water partition coefficient (Wildman–Crippen LogP) is 5.83. The summed E-state index contributed by atoms with van der Waals surface area (Å²) >= 11 is 0. The monoisotopic (exact) mass is 604 g/mol. The van der Waals surface area contributed by atoms with Crippen molar-refractivity contribution in [2.75, 3.05) is 28.9 Å². The Hall–Kier alpha value is -3.77. The number of aryl methyl sites for hydroxylation is 1. The molecule has 0 amide bonds. The van der Waals surface area contributed by atoms with Crippen molar-refractivity contribution in [3.63, 3.8) is 0 Å². The van der Waals surface area contributed by atoms with Crippen molar-refractivity contribution in [2.45, 2.75) is 56.3 Å². The van der Waals surface area contributed by atoms with Crippen molar-refractivity contribution in [1.29, 1.82) is 0 Å². The summed E-state index contributed by atoms with van der Waals surface area (Å²) in [4.78, 5) is 13.2. The molecule has 1 N–H and O–H groups in total. The van der Waals surface area contributed by atoms with Crippen LogP contribution in [0.15, 0.2) is 65.6 Å². The highest BCUT2D eigenvalue weighted by Crippen LogP contribution is 2.45. The summed E-state index contributed by atoms with van der Waals surface area (Å²) < 4.78 is 80.0. The molecule has 0 unspecified atom stereocenters. The second-order valence-electron chi connectivity index (χ2n) is 10.9. The first-order chi connectivity index (χ1) is 19.8. The van der Waals surface area contributed by atoms with Gasteiger partial charge in [0.05, 0.1) is 47.5 Å². The Balaban J connectivity index is 1.57. The largest absolute Gasteiger partial charge is 0.481 e. The molecule has 0 aliphatic carbocycles. The summed E-state index contributed by atoms with van der Waals surface area (Å²) in [6.45, 7) is 1.25. The van der Waals surface area contributed by atoms with Gasteiger partial charge in [0.1, 0.15) is 11.6 Å². The molecule has 2 atom stereocenters. The molecule has 0 radical (unpaired) electrons. The highest BCUT2D eigenvalue weighted by atomic mass is 32.2. The minimum atomic E-state index is -4.05. The second-order valence-corrected chi connectivity index (χ2v) is 12.7. The SMILES string of the molecule is Cc1cccc(S(=O)(=O)N2C[C@@H]3C[C@](C)(OCCC(=O)O)CCN3c3ccc(-c4cc(F)cc(OC(F)F)c4)cc32)c1. The van der Waals surface area contributed by atoms with Crippen molar-refractivity contribution in [3.8, 4) is 16.9 Å². The standard InChI is InChI=1S/C30H31F3N2O6S/c1-19-4-3-5-25(12-19)42(38,39)35-18-23-17-30(2,40-11-8-28(36)37)9-10-34(23)26-7-6-20(15-27(26)35)21-13-22(31)16-24(14-21)41-29(32)33/h3-7,12-16,23,29H,8-11,17-18H2,1-2H3,(H,36,37)/t23-,30+/m0/s1. The van der Waals surface area contributed by atoms with Gasteiger partial charge in [-0.2, -0.15) is 8.78 Å². The summed E-state index contributed by atoms with van der Waals surface area (Å²) in [5.74, 6) is -2.08. The van der Waals surface area contributed by atoms with Crippen molar-refractivity contribution in [2.24, 2.45) is 0 Å². The van der Waals surface area contributed by atoms with Crippen LogP contribution in [0.5, 0.6) is 5.75 Å². The fourth-order valence-corrected chi connectivity index (χ4v) is 7.33. The van der Waals surface area contributed by atoms with E-state index in [0.29, 0.717) is 36.3 Å². The van der Waals surface area contributed by atoms with Gasteiger partial charge < -0.3 is 19.5 Å². The van der Waals surface area contributed by atoms with Gasteiger partial charge in [0.15, 0.2) is 0 Å². The van der Waals surface area contributed by atoms with Crippen molar-refractivity contribution in [3.05, 3.63) is 72.0 Å². The molecule has 12 heteroatoms. The Morgan fingerprint density at radius 2 is 1.88 bits per heavy atom. The lowest BCUT2D eigenvalue weighted by Gasteiger charge is -2.51. The Morgan fingerprint density at radius 3 is 2.60 bits per heavy atom. The van der Waals surface area contributed by atoms with E-state index in [2.05, 4.69) is 9.64 Å². The number of carboxylic acid groups (broad SMARTS) is 1. The van der Waals surface area contributed by atoms with Gasteiger partial charge in [-0.05, 0) is 79.8 Å². The molecule has 1 fully saturated rings. The molecule has 0 bridgehead atoms. The van der Waals surface area contributed by atoms with Gasteiger partial charge in [-0.1, -0.05) is 18.2 Å². The molecule has 3 aromatic carbocycles. The van der Waals surface area contributed by atoms with Crippen LogP contribution in [-0.4, -0.2) is 57.4 Å². The van der Waals surface area contributed by atoms with Crippen LogP contribution in [0.3, 0.4) is 0 Å². The Kier molecular flexibility index (Phi) is 8.13. The van der Waals surface area contributed by atoms with Crippen molar-refractivity contribution in [1.82, 2.24) is 0 Å². The van der Waals surface area contributed by atoms with Crippen LogP contribution in [0.4, 0.5) is 24.5 Å². The number of rotatable bonds is 9. The first-order valence-electron chi connectivity index (χ1n) is 13.5. The molecule has 0 aromatic heterocycles. The van der Waals surface area contributed by atoms with E-state index in [4.69, 9.17) is 9.84 Å². The van der Waals surface area contributed by atoms with Crippen LogP contribution >= 0.6 is 0 Å². The second kappa shape index (κ2) is 11.5. The van der Waals surface area contributed by atoms with Gasteiger partial charge in [-0.25, -0.2) is 12.8 Å². The lowest BCUT2D eigenvalue weighted by atomic mass is 9.85. The molecule has 224 valence electrons. The number of aliphatic carboxylic acids is 1. The number of fused-ring (bicyclic) bond motifs is 3. The Bertz CT molecular complexity index is 1600. The summed E-state index contributed by atoms with van der Waals surface area (Å²) in [5.41, 5.74) is 1.83. The van der Waals surface area contributed by atoms with Crippen LogP contribution in [0, 0.1) is 12.7 Å². The highest BCUT2D eigenvalue weighted by molar-refractivity contribution is 7.92. The number of halogens is 3. The summed E-state index contributed by atoms with van der Waals surface area (Å²) in [7, 11) is -4.05. The third-order valence-electron chi connectivity index (χ3n) is 7.69. The number of hydrogen-bond donors (Lipinski definition) is 1. The smallest absolute Gasteiger partial charge is 0.387 e. The molecule has 0 saturated carbocycles. The average Bonchev–Trinajstić information content (AvgIpc) is 2.91. The molecular weight excluding hydrogens is 573 g/mol. The lowest BCUT2D eigenvalue weighted by Crippen LogP contribution is -2.58. The molecule has 1 saturated heterocycles. The third kappa shape index (κ3) is 6.19. The topological polar surface area (TPSA) is 96.4 Å². The number of hydrogen-bond acceptors (Lipinski definition) is 6. The predicted molar refractivity (Wildman–Crippen MR) is 151 cm³/mol. The van der Waals surface area contributed by atoms with Crippen LogP contribution < -0.4 is 13.9 Å². The minimum absolute atomic E-state index is 0.0503. The maximum absolute atomic E-state index is 14.4. The summed E-state index contributed by atoms with van der Waals surface area (Å²) in [5, 5.41) is 9.03. The first-order valence-corrected chi connectivity index (χ1v) is 14.9. The molecule has 2 heterocycles. The van der Waals surface area contributed by atoms with Gasteiger partial charge >= 0.3 is 12.6 Å². The molecule has 42 heavy (non-hydrogen) atoms. The van der Waals surface area contributed by atoms with Gasteiger partial charge in [-0.15, -0.1) is 0 Å². The number of sulfonamides is 1. The maximum atomic E-state index is 14.4. The van der Waals surface area contributed by atoms with E-state index in [1.54, 1.807) is 43.3 Å². The van der Waals surface area contributed by atoms with E-state index >= 15 is 0 Å². The fourth-order valence-electron chi connectivity index (χ4n) is 5.71. The number of carboxylic acids is 1. The van der Waals surface area contributed by atoms with E-state index in [1.165, 1.54) is 22.5 Å². The van der Waals surface area contributed by atoms with E-state index in [9.17, 15) is 26.4 Å². The van der Waals surface area contributed by atoms with Crippen LogP contribution in [0.2, 0.25) is 0 Å². The summed E-state index contributed by atoms with van der Waals surface area (Å²) in [6, 6.07) is 14.7. The molecule has 5 rings (SSSR count). The Labute approximate surface area is 242 Å². The van der Waals surface area contributed by atoms with E-state index in [-0.39, 0.29) is 41.8 Å². The van der Waals surface area contributed by atoms with Crippen LogP contribution in [-0.2, 0) is 19.6 Å². The molecule has 0 spiro atoms. The van der Waals surface area contributed by atoms with E-state index in [0.717, 1.165) is 11.6 Å². The van der Waals surface area contributed by atoms with Crippen molar-refractivity contribution >= 4 is 27.4 Å². The minimum Gasteiger partial charge on any atom is -0.481 e. The Morgan fingerprint density at radius 1 is 1.10 bits per heavy atom. The third-order valence-corrected chi connectivity index (χ3v) is 9.47. The van der Waals surface area contributed by atoms with Gasteiger partial charge in [-0.3, -0.25) is 9.10 Å². The fraction of sp³-hybridized carbons (Fsp3) is 0.367. The average molecular weight is 605 g/mol. The number of nitrogens with zero attached hydrogens (tertiary/aromatic N) is 2. The lowest BCUT2D eigenvalue weighted by molar-refractivity contribution is -0.140. The molecule has 2 aliphatic heterocycles. The number of ether oxygens (including phenoxy) is 2. The maximum Gasteiger partial charge on any atom is 0.387 e. The number of alkyl halides is 2. The van der Waals surface area contributed by atoms with E-state index in [1.807, 2.05) is 6.92 Å². The van der Waals surface area contributed by atoms with Crippen LogP contribution in [0.25, 0.3) is 11.1 Å². The van der Waals surface area contributed by atoms with E-state index < -0.39 is 34.0 Å². The zero-order valence-corrected chi connectivity index (χ0v) is 23.9. The molecular formula is C30H31F3N2O6S. The number of carbonyl (C=O) groups is 1. The van der Waals surface area contributed by atoms with Gasteiger partial charge in [0, 0.05) is 12.6 Å². The number of benzene rings is 3. The molecule has 2 aliphatic rings. The summed E-state index contributed by atoms with van der Waals surface area (Å²) in [6.07, 6.45) is 0.923. The number of piperidine rings is 1. The zero-order valence-electron chi connectivity index (χ0n) is 23.1. The highest BCUT2D eigenvalue weighted by Gasteiger charge is 2.44. The van der Waals surface area contributed by atoms with Gasteiger partial charge in [0.25, 0.3) is 10.0 Å². The first kappa shape index (κ1) is 29.7. The normalized spacial score (nSPS) is 20.3. The zero-order chi connectivity index (χ0) is 30.2. The molecule has 8 nitrogen and oxygen atoms in total. The van der Waals surface area contributed by atoms with Crippen LogP contribution in [0.1, 0.15) is 31.7 Å². The van der Waals surface area contributed by atoms with Gasteiger partial charge in [0.2, 0.25) is 0 Å². The number of anilines is 2. The van der Waals surface area contributed by atoms with Crippen molar-refractivity contribution < 1.29 is 41.0 Å². The quantitative estimate of drug-likeness (QED) is 0.328.